The van der Waals surface area contributed by atoms with Crippen LogP contribution < -0.4 is 10.6 Å². The topological polar surface area (TPSA) is 78.4 Å². The predicted octanol–water partition coefficient (Wildman–Crippen LogP) is 0.367. The number of benzene rings is 1. The summed E-state index contributed by atoms with van der Waals surface area (Å²) >= 11 is 0. The van der Waals surface area contributed by atoms with Gasteiger partial charge in [-0.15, -0.1) is 0 Å². The lowest BCUT2D eigenvalue weighted by atomic mass is 10.2. The maximum absolute atomic E-state index is 11.3. The molecule has 1 aromatic rings. The highest BCUT2D eigenvalue weighted by atomic mass is 16.4. The van der Waals surface area contributed by atoms with Gasteiger partial charge in [0.2, 0.25) is 5.91 Å². The second-order valence-corrected chi connectivity index (χ2v) is 3.58. The van der Waals surface area contributed by atoms with Gasteiger partial charge in [-0.25, -0.2) is 0 Å². The van der Waals surface area contributed by atoms with Gasteiger partial charge in [0.25, 0.3) is 0 Å². The second-order valence-electron chi connectivity index (χ2n) is 3.58. The zero-order valence-corrected chi connectivity index (χ0v) is 9.48. The summed E-state index contributed by atoms with van der Waals surface area (Å²) in [5.41, 5.74) is 1.03. The first-order chi connectivity index (χ1) is 8.18. The molecular formula is C12H16N2O3. The molecule has 5 heteroatoms. The lowest BCUT2D eigenvalue weighted by Crippen LogP contribution is -2.34. The minimum absolute atomic E-state index is 0.0198. The van der Waals surface area contributed by atoms with E-state index in [4.69, 9.17) is 5.11 Å². The van der Waals surface area contributed by atoms with E-state index in [0.29, 0.717) is 13.1 Å². The quantitative estimate of drug-likeness (QED) is 0.598. The van der Waals surface area contributed by atoms with Crippen LogP contribution in [0.15, 0.2) is 30.3 Å². The molecule has 1 rings (SSSR count). The smallest absolute Gasteiger partial charge is 0.304 e. The molecule has 1 amide bonds. The first-order valence-electron chi connectivity index (χ1n) is 5.41. The second kappa shape index (κ2) is 7.40. The zero-order chi connectivity index (χ0) is 12.5. The van der Waals surface area contributed by atoms with Crippen LogP contribution in [-0.2, 0) is 16.1 Å². The fourth-order valence-corrected chi connectivity index (χ4v) is 1.26. The predicted molar refractivity (Wildman–Crippen MR) is 63.4 cm³/mol. The molecule has 5 nitrogen and oxygen atoms in total. The molecule has 92 valence electrons. The first-order valence-corrected chi connectivity index (χ1v) is 5.41. The summed E-state index contributed by atoms with van der Waals surface area (Å²) in [5, 5.41) is 13.9. The molecule has 0 aliphatic rings. The highest BCUT2D eigenvalue weighted by molar-refractivity contribution is 5.78. The number of carboxylic acids is 1. The van der Waals surface area contributed by atoms with E-state index in [1.807, 2.05) is 30.3 Å². The summed E-state index contributed by atoms with van der Waals surface area (Å²) in [6.07, 6.45) is 0.0198. The largest absolute Gasteiger partial charge is 0.481 e. The molecule has 0 atom stereocenters. The number of nitrogens with one attached hydrogen (secondary N) is 2. The summed E-state index contributed by atoms with van der Waals surface area (Å²) < 4.78 is 0. The Hall–Kier alpha value is -1.88. The molecule has 0 unspecified atom stereocenters. The molecule has 0 radical (unpaired) electrons. The first kappa shape index (κ1) is 13.2. The molecule has 1 aromatic carbocycles. The van der Waals surface area contributed by atoms with Crippen molar-refractivity contribution >= 4 is 11.9 Å². The van der Waals surface area contributed by atoms with Gasteiger partial charge in [-0.05, 0) is 5.56 Å². The van der Waals surface area contributed by atoms with Crippen molar-refractivity contribution in [3.63, 3.8) is 0 Å². The molecule has 0 bridgehead atoms. The van der Waals surface area contributed by atoms with Crippen molar-refractivity contribution in [1.29, 1.82) is 0 Å². The zero-order valence-electron chi connectivity index (χ0n) is 9.48. The Kier molecular flexibility index (Phi) is 5.74. The van der Waals surface area contributed by atoms with Crippen LogP contribution >= 0.6 is 0 Å². The lowest BCUT2D eigenvalue weighted by molar-refractivity contribution is -0.137. The normalized spacial score (nSPS) is 9.88. The Morgan fingerprint density at radius 1 is 1.18 bits per heavy atom. The van der Waals surface area contributed by atoms with Crippen LogP contribution in [0.5, 0.6) is 0 Å². The van der Waals surface area contributed by atoms with Crippen molar-refractivity contribution in [2.75, 3.05) is 13.1 Å². The average molecular weight is 236 g/mol. The van der Waals surface area contributed by atoms with Crippen LogP contribution in [0, 0.1) is 0 Å². The fourth-order valence-electron chi connectivity index (χ4n) is 1.26. The van der Waals surface area contributed by atoms with Crippen LogP contribution in [0.1, 0.15) is 12.0 Å². The number of carbonyl (C=O) groups is 2. The minimum Gasteiger partial charge on any atom is -0.481 e. The highest BCUT2D eigenvalue weighted by Gasteiger charge is 2.01. The van der Waals surface area contributed by atoms with E-state index in [-0.39, 0.29) is 18.9 Å². The van der Waals surface area contributed by atoms with Gasteiger partial charge in [-0.1, -0.05) is 30.3 Å². The standard InChI is InChI=1S/C12H16N2O3/c15-11(9-13-7-6-12(16)17)14-8-10-4-2-1-3-5-10/h1-5,13H,6-9H2,(H,14,15)(H,16,17). The van der Waals surface area contributed by atoms with Gasteiger partial charge < -0.3 is 15.7 Å². The van der Waals surface area contributed by atoms with Crippen LogP contribution in [0.2, 0.25) is 0 Å². The Morgan fingerprint density at radius 3 is 2.53 bits per heavy atom. The number of carboxylic acid groups (broad SMARTS) is 1. The number of carbonyl (C=O) groups excluding carboxylic acids is 1. The summed E-state index contributed by atoms with van der Waals surface area (Å²) in [6.45, 7) is 0.925. The van der Waals surface area contributed by atoms with E-state index >= 15 is 0 Å². The van der Waals surface area contributed by atoms with Gasteiger partial charge in [-0.2, -0.15) is 0 Å². The lowest BCUT2D eigenvalue weighted by Gasteiger charge is -2.05. The fraction of sp³-hybridized carbons (Fsp3) is 0.333. The summed E-state index contributed by atoms with van der Waals surface area (Å²) in [5.74, 6) is -1.01. The molecule has 0 saturated heterocycles. The number of amides is 1. The monoisotopic (exact) mass is 236 g/mol. The molecule has 0 aliphatic heterocycles. The van der Waals surface area contributed by atoms with Crippen molar-refractivity contribution in [1.82, 2.24) is 10.6 Å². The van der Waals surface area contributed by atoms with E-state index in [9.17, 15) is 9.59 Å². The van der Waals surface area contributed by atoms with Crippen molar-refractivity contribution in [2.45, 2.75) is 13.0 Å². The Bertz CT molecular complexity index is 365. The number of rotatable bonds is 7. The maximum Gasteiger partial charge on any atom is 0.304 e. The summed E-state index contributed by atoms with van der Waals surface area (Å²) in [4.78, 5) is 21.6. The van der Waals surface area contributed by atoms with Gasteiger partial charge in [0.05, 0.1) is 13.0 Å². The number of aliphatic carboxylic acids is 1. The van der Waals surface area contributed by atoms with Crippen molar-refractivity contribution < 1.29 is 14.7 Å². The Labute approximate surface area is 99.8 Å². The van der Waals surface area contributed by atoms with E-state index < -0.39 is 5.97 Å². The molecule has 0 fully saturated rings. The van der Waals surface area contributed by atoms with Crippen LogP contribution in [0.3, 0.4) is 0 Å². The number of hydrogen-bond donors (Lipinski definition) is 3. The maximum atomic E-state index is 11.3. The van der Waals surface area contributed by atoms with Gasteiger partial charge in [-0.3, -0.25) is 9.59 Å². The molecule has 0 saturated carbocycles. The summed E-state index contributed by atoms with van der Waals surface area (Å²) in [6, 6.07) is 9.59. The van der Waals surface area contributed by atoms with Crippen molar-refractivity contribution in [3.8, 4) is 0 Å². The van der Waals surface area contributed by atoms with Gasteiger partial charge in [0.15, 0.2) is 0 Å². The van der Waals surface area contributed by atoms with E-state index in [1.54, 1.807) is 0 Å². The summed E-state index contributed by atoms with van der Waals surface area (Å²) in [7, 11) is 0. The van der Waals surface area contributed by atoms with Crippen molar-refractivity contribution in [3.05, 3.63) is 35.9 Å². The van der Waals surface area contributed by atoms with Gasteiger partial charge in [0.1, 0.15) is 0 Å². The van der Waals surface area contributed by atoms with E-state index in [2.05, 4.69) is 10.6 Å². The minimum atomic E-state index is -0.873. The molecule has 3 N–H and O–H groups in total. The average Bonchev–Trinajstić information content (AvgIpc) is 2.33. The third-order valence-electron chi connectivity index (χ3n) is 2.13. The highest BCUT2D eigenvalue weighted by Crippen LogP contribution is 1.96. The van der Waals surface area contributed by atoms with Crippen LogP contribution in [0.4, 0.5) is 0 Å². The Morgan fingerprint density at radius 2 is 1.88 bits per heavy atom. The molecule has 0 spiro atoms. The van der Waals surface area contributed by atoms with Gasteiger partial charge >= 0.3 is 5.97 Å². The molecule has 17 heavy (non-hydrogen) atoms. The third-order valence-corrected chi connectivity index (χ3v) is 2.13. The van der Waals surface area contributed by atoms with Crippen LogP contribution in [-0.4, -0.2) is 30.1 Å². The molecule has 0 aliphatic carbocycles. The van der Waals surface area contributed by atoms with E-state index in [1.165, 1.54) is 0 Å². The number of hydrogen-bond acceptors (Lipinski definition) is 3. The van der Waals surface area contributed by atoms with E-state index in [0.717, 1.165) is 5.56 Å². The molecular weight excluding hydrogens is 220 g/mol. The molecule has 0 heterocycles. The SMILES string of the molecule is O=C(O)CCNCC(=O)NCc1ccccc1. The van der Waals surface area contributed by atoms with Gasteiger partial charge in [0, 0.05) is 13.1 Å². The molecule has 0 aromatic heterocycles. The third kappa shape index (κ3) is 6.32. The Balaban J connectivity index is 2.11. The van der Waals surface area contributed by atoms with Crippen molar-refractivity contribution in [2.24, 2.45) is 0 Å². The van der Waals surface area contributed by atoms with Crippen LogP contribution in [0.25, 0.3) is 0 Å².